The Hall–Kier alpha value is -2.41. The van der Waals surface area contributed by atoms with Crippen LogP contribution in [0.2, 0.25) is 0 Å². The Morgan fingerprint density at radius 1 is 1.28 bits per heavy atom. The maximum Gasteiger partial charge on any atom is 0.223 e. The quantitative estimate of drug-likeness (QED) is 0.490. The number of aryl methyl sites for hydroxylation is 1. The van der Waals surface area contributed by atoms with E-state index in [0.29, 0.717) is 18.9 Å². The molecule has 1 aromatic carbocycles. The van der Waals surface area contributed by atoms with Crippen molar-refractivity contribution in [2.24, 2.45) is 10.9 Å². The zero-order chi connectivity index (χ0) is 20.5. The van der Waals surface area contributed by atoms with Crippen LogP contribution in [0.15, 0.2) is 41.5 Å². The largest absolute Gasteiger partial charge is 0.357 e. The Bertz CT molecular complexity index is 805. The summed E-state index contributed by atoms with van der Waals surface area (Å²) in [5.41, 5.74) is 1.27. The standard InChI is InChI=1S/C22H31N5OS/c1-3-19-14-24-20(29-19)15-26-22(23-4-2)25-13-18-12-21(28)27(16-18)11-10-17-8-6-5-7-9-17/h5-9,14,18H,3-4,10-13,15-16H2,1-2H3,(H2,23,25,26). The SMILES string of the molecule is CCNC(=NCc1ncc(CC)s1)NCC1CC(=O)N(CCc2ccccc2)C1. The van der Waals surface area contributed by atoms with Crippen molar-refractivity contribution in [1.82, 2.24) is 20.5 Å². The second kappa shape index (κ2) is 11.0. The Morgan fingerprint density at radius 3 is 2.83 bits per heavy atom. The van der Waals surface area contributed by atoms with Gasteiger partial charge in [-0.2, -0.15) is 0 Å². The number of rotatable bonds is 9. The third-order valence-corrected chi connectivity index (χ3v) is 6.16. The molecule has 7 heteroatoms. The number of carbonyl (C=O) groups is 1. The van der Waals surface area contributed by atoms with Gasteiger partial charge in [0.15, 0.2) is 5.96 Å². The van der Waals surface area contributed by atoms with Crippen LogP contribution >= 0.6 is 11.3 Å². The summed E-state index contributed by atoms with van der Waals surface area (Å²) >= 11 is 1.72. The van der Waals surface area contributed by atoms with Crippen molar-refractivity contribution in [1.29, 1.82) is 0 Å². The van der Waals surface area contributed by atoms with E-state index in [9.17, 15) is 4.79 Å². The summed E-state index contributed by atoms with van der Waals surface area (Å²) in [4.78, 5) is 24.7. The number of hydrogen-bond donors (Lipinski definition) is 2. The number of carbonyl (C=O) groups excluding carboxylic acids is 1. The van der Waals surface area contributed by atoms with Crippen LogP contribution in [-0.4, -0.2) is 47.9 Å². The molecular weight excluding hydrogens is 382 g/mol. The second-order valence-corrected chi connectivity index (χ2v) is 8.50. The maximum absolute atomic E-state index is 12.4. The number of guanidine groups is 1. The fraction of sp³-hybridized carbons (Fsp3) is 0.500. The normalized spacial score (nSPS) is 17.0. The molecule has 1 fully saturated rings. The number of amides is 1. The monoisotopic (exact) mass is 413 g/mol. The molecule has 2 heterocycles. The van der Waals surface area contributed by atoms with Crippen molar-refractivity contribution in [2.75, 3.05) is 26.2 Å². The number of hydrogen-bond acceptors (Lipinski definition) is 4. The number of nitrogens with one attached hydrogen (secondary N) is 2. The molecule has 3 rings (SSSR count). The predicted molar refractivity (Wildman–Crippen MR) is 119 cm³/mol. The Balaban J connectivity index is 1.46. The molecule has 1 saturated heterocycles. The average Bonchev–Trinajstić information content (AvgIpc) is 3.35. The molecule has 1 aliphatic rings. The summed E-state index contributed by atoms with van der Waals surface area (Å²) < 4.78 is 0. The van der Waals surface area contributed by atoms with Gasteiger partial charge in [0.05, 0.1) is 6.54 Å². The highest BCUT2D eigenvalue weighted by molar-refractivity contribution is 7.11. The molecule has 0 spiro atoms. The molecule has 6 nitrogen and oxygen atoms in total. The van der Waals surface area contributed by atoms with Crippen LogP contribution in [0.4, 0.5) is 0 Å². The van der Waals surface area contributed by atoms with E-state index in [-0.39, 0.29) is 5.91 Å². The molecule has 0 bridgehead atoms. The fourth-order valence-corrected chi connectivity index (χ4v) is 4.22. The van der Waals surface area contributed by atoms with Gasteiger partial charge in [-0.3, -0.25) is 4.79 Å². The summed E-state index contributed by atoms with van der Waals surface area (Å²) in [7, 11) is 0. The first kappa shape index (κ1) is 21.3. The van der Waals surface area contributed by atoms with Crippen LogP contribution in [0.3, 0.4) is 0 Å². The molecule has 1 aromatic heterocycles. The first-order valence-electron chi connectivity index (χ1n) is 10.4. The third-order valence-electron chi connectivity index (χ3n) is 5.03. The van der Waals surface area contributed by atoms with Crippen LogP contribution in [0.5, 0.6) is 0 Å². The summed E-state index contributed by atoms with van der Waals surface area (Å²) in [5.74, 6) is 1.36. The Labute approximate surface area is 177 Å². The van der Waals surface area contributed by atoms with Gasteiger partial charge in [-0.05, 0) is 25.3 Å². The van der Waals surface area contributed by atoms with Gasteiger partial charge in [0.25, 0.3) is 0 Å². The molecule has 1 amide bonds. The van der Waals surface area contributed by atoms with Gasteiger partial charge < -0.3 is 15.5 Å². The highest BCUT2D eigenvalue weighted by Gasteiger charge is 2.29. The van der Waals surface area contributed by atoms with E-state index in [1.807, 2.05) is 29.3 Å². The first-order valence-corrected chi connectivity index (χ1v) is 11.3. The van der Waals surface area contributed by atoms with Crippen LogP contribution in [0, 0.1) is 5.92 Å². The van der Waals surface area contributed by atoms with E-state index < -0.39 is 0 Å². The van der Waals surface area contributed by atoms with Crippen molar-refractivity contribution in [2.45, 2.75) is 39.7 Å². The lowest BCUT2D eigenvalue weighted by atomic mass is 10.1. The van der Waals surface area contributed by atoms with Crippen molar-refractivity contribution in [3.05, 3.63) is 52.0 Å². The summed E-state index contributed by atoms with van der Waals surface area (Å²) in [5, 5.41) is 7.72. The Kier molecular flexibility index (Phi) is 8.04. The lowest BCUT2D eigenvalue weighted by Gasteiger charge is -2.18. The minimum Gasteiger partial charge on any atom is -0.357 e. The molecule has 156 valence electrons. The molecule has 29 heavy (non-hydrogen) atoms. The lowest BCUT2D eigenvalue weighted by molar-refractivity contribution is -0.127. The van der Waals surface area contributed by atoms with E-state index in [4.69, 9.17) is 0 Å². The van der Waals surface area contributed by atoms with Crippen molar-refractivity contribution in [3.8, 4) is 0 Å². The van der Waals surface area contributed by atoms with Gasteiger partial charge in [0.1, 0.15) is 5.01 Å². The number of aromatic nitrogens is 1. The number of aliphatic imine (C=N–C) groups is 1. The van der Waals surface area contributed by atoms with Gasteiger partial charge in [-0.1, -0.05) is 37.3 Å². The predicted octanol–water partition coefficient (Wildman–Crippen LogP) is 2.85. The summed E-state index contributed by atoms with van der Waals surface area (Å²) in [6.45, 7) is 7.92. The van der Waals surface area contributed by atoms with E-state index in [1.54, 1.807) is 11.3 Å². The van der Waals surface area contributed by atoms with Crippen LogP contribution in [0.1, 0.15) is 35.7 Å². The van der Waals surface area contributed by atoms with Crippen molar-refractivity contribution in [3.63, 3.8) is 0 Å². The minimum absolute atomic E-state index is 0.254. The molecule has 0 aliphatic carbocycles. The van der Waals surface area contributed by atoms with Crippen LogP contribution in [0.25, 0.3) is 0 Å². The molecular formula is C22H31N5OS. The minimum atomic E-state index is 0.254. The number of nitrogens with zero attached hydrogens (tertiary/aromatic N) is 3. The van der Waals surface area contributed by atoms with E-state index in [1.165, 1.54) is 10.4 Å². The fourth-order valence-electron chi connectivity index (χ4n) is 3.43. The molecule has 0 radical (unpaired) electrons. The third kappa shape index (κ3) is 6.56. The van der Waals surface area contributed by atoms with E-state index in [0.717, 1.165) is 50.0 Å². The number of thiazole rings is 1. The first-order chi connectivity index (χ1) is 14.2. The van der Waals surface area contributed by atoms with Gasteiger partial charge in [0.2, 0.25) is 5.91 Å². The van der Waals surface area contributed by atoms with Gasteiger partial charge >= 0.3 is 0 Å². The van der Waals surface area contributed by atoms with Crippen LogP contribution in [-0.2, 0) is 24.2 Å². The molecule has 0 saturated carbocycles. The number of benzene rings is 1. The summed E-state index contributed by atoms with van der Waals surface area (Å²) in [6, 6.07) is 10.3. The smallest absolute Gasteiger partial charge is 0.223 e. The average molecular weight is 414 g/mol. The van der Waals surface area contributed by atoms with E-state index >= 15 is 0 Å². The molecule has 1 unspecified atom stereocenters. The maximum atomic E-state index is 12.4. The zero-order valence-electron chi connectivity index (χ0n) is 17.4. The highest BCUT2D eigenvalue weighted by atomic mass is 32.1. The van der Waals surface area contributed by atoms with Gasteiger partial charge in [-0.25, -0.2) is 9.98 Å². The highest BCUT2D eigenvalue weighted by Crippen LogP contribution is 2.18. The number of likely N-dealkylation sites (tertiary alicyclic amines) is 1. The Morgan fingerprint density at radius 2 is 2.10 bits per heavy atom. The molecule has 2 aromatic rings. The van der Waals surface area contributed by atoms with Gasteiger partial charge in [-0.15, -0.1) is 11.3 Å². The molecule has 1 aliphatic heterocycles. The van der Waals surface area contributed by atoms with Crippen molar-refractivity contribution < 1.29 is 4.79 Å². The van der Waals surface area contributed by atoms with Crippen molar-refractivity contribution >= 4 is 23.2 Å². The van der Waals surface area contributed by atoms with Gasteiger partial charge in [0, 0.05) is 49.6 Å². The van der Waals surface area contributed by atoms with E-state index in [2.05, 4.69) is 46.6 Å². The zero-order valence-corrected chi connectivity index (χ0v) is 18.2. The second-order valence-electron chi connectivity index (χ2n) is 7.30. The van der Waals surface area contributed by atoms with Crippen LogP contribution < -0.4 is 10.6 Å². The summed E-state index contributed by atoms with van der Waals surface area (Å²) in [6.07, 6.45) is 4.46. The molecule has 2 N–H and O–H groups in total. The lowest BCUT2D eigenvalue weighted by Crippen LogP contribution is -2.40. The topological polar surface area (TPSA) is 69.6 Å². The molecule has 1 atom stereocenters.